The molecule has 0 unspecified atom stereocenters. The molecule has 110 valence electrons. The van der Waals surface area contributed by atoms with Crippen molar-refractivity contribution in [3.8, 4) is 0 Å². The minimum absolute atomic E-state index is 0.756. The van der Waals surface area contributed by atoms with E-state index < -0.39 is 0 Å². The number of benzene rings is 1. The number of hydrogen-bond acceptors (Lipinski definition) is 2. The van der Waals surface area contributed by atoms with Crippen molar-refractivity contribution < 1.29 is 0 Å². The highest BCUT2D eigenvalue weighted by molar-refractivity contribution is 6.30. The molecule has 0 aliphatic carbocycles. The smallest absolute Gasteiger partial charge is 0.0704 e. The maximum atomic E-state index is 5.98. The molecule has 21 heavy (non-hydrogen) atoms. The fraction of sp³-hybridized carbons (Fsp3) is 0.278. The van der Waals surface area contributed by atoms with Crippen molar-refractivity contribution in [2.24, 2.45) is 0 Å². The number of pyridine rings is 1. The Kier molecular flexibility index (Phi) is 5.97. The van der Waals surface area contributed by atoms with E-state index in [4.69, 9.17) is 11.6 Å². The van der Waals surface area contributed by atoms with Gasteiger partial charge < -0.3 is 4.90 Å². The molecule has 0 saturated carbocycles. The Morgan fingerprint density at radius 3 is 2.52 bits per heavy atom. The van der Waals surface area contributed by atoms with E-state index in [0.717, 1.165) is 35.7 Å². The number of nitrogens with zero attached hydrogens (tertiary/aromatic N) is 2. The van der Waals surface area contributed by atoms with Crippen LogP contribution in [0, 0.1) is 0 Å². The summed E-state index contributed by atoms with van der Waals surface area (Å²) >= 11 is 5.98. The molecule has 0 bridgehead atoms. The lowest BCUT2D eigenvalue weighted by atomic mass is 10.0. The summed E-state index contributed by atoms with van der Waals surface area (Å²) in [5.74, 6) is 0. The molecule has 0 spiro atoms. The van der Waals surface area contributed by atoms with Gasteiger partial charge in [0, 0.05) is 16.8 Å². The Bertz CT molecular complexity index is 574. The van der Waals surface area contributed by atoms with Gasteiger partial charge in [-0.25, -0.2) is 0 Å². The van der Waals surface area contributed by atoms with Crippen molar-refractivity contribution in [1.29, 1.82) is 0 Å². The minimum Gasteiger partial charge on any atom is -0.309 e. The molecule has 2 rings (SSSR count). The number of unbranched alkanes of at least 4 members (excludes halogenated alkanes) is 1. The Morgan fingerprint density at radius 2 is 1.90 bits per heavy atom. The molecule has 0 saturated heterocycles. The van der Waals surface area contributed by atoms with Gasteiger partial charge in [-0.3, -0.25) is 4.98 Å². The number of allylic oxidation sites excluding steroid dienone is 1. The first-order valence-electron chi connectivity index (χ1n) is 7.19. The van der Waals surface area contributed by atoms with Crippen LogP contribution in [0.2, 0.25) is 5.02 Å². The monoisotopic (exact) mass is 300 g/mol. The first kappa shape index (κ1) is 15.7. The molecule has 0 atom stereocenters. The van der Waals surface area contributed by atoms with Crippen molar-refractivity contribution >= 4 is 17.2 Å². The van der Waals surface area contributed by atoms with Crippen LogP contribution >= 0.6 is 11.6 Å². The lowest BCUT2D eigenvalue weighted by Gasteiger charge is -2.10. The molecule has 0 fully saturated rings. The number of aromatic nitrogens is 1. The highest BCUT2D eigenvalue weighted by Gasteiger charge is 2.05. The second-order valence-electron chi connectivity index (χ2n) is 5.29. The molecule has 2 aromatic rings. The molecule has 2 nitrogen and oxygen atoms in total. The molecule has 1 heterocycles. The maximum Gasteiger partial charge on any atom is 0.0704 e. The summed E-state index contributed by atoms with van der Waals surface area (Å²) in [6, 6.07) is 14.0. The summed E-state index contributed by atoms with van der Waals surface area (Å²) in [4.78, 5) is 6.68. The summed E-state index contributed by atoms with van der Waals surface area (Å²) < 4.78 is 0. The first-order chi connectivity index (χ1) is 10.2. The van der Waals surface area contributed by atoms with E-state index in [2.05, 4.69) is 42.2 Å². The Balaban J connectivity index is 2.22. The van der Waals surface area contributed by atoms with Crippen LogP contribution in [0.25, 0.3) is 5.57 Å². The average Bonchev–Trinajstić information content (AvgIpc) is 2.49. The fourth-order valence-electron chi connectivity index (χ4n) is 2.18. The van der Waals surface area contributed by atoms with E-state index in [-0.39, 0.29) is 0 Å². The average molecular weight is 301 g/mol. The molecule has 0 aliphatic rings. The lowest BCUT2D eigenvalue weighted by molar-refractivity contribution is 0.402. The van der Waals surface area contributed by atoms with Crippen LogP contribution in [-0.4, -0.2) is 30.5 Å². The van der Waals surface area contributed by atoms with Crippen LogP contribution in [0.1, 0.15) is 24.1 Å². The van der Waals surface area contributed by atoms with E-state index in [0.29, 0.717) is 0 Å². The van der Waals surface area contributed by atoms with E-state index in [1.54, 1.807) is 0 Å². The zero-order valence-corrected chi connectivity index (χ0v) is 13.3. The van der Waals surface area contributed by atoms with Gasteiger partial charge in [-0.15, -0.1) is 0 Å². The van der Waals surface area contributed by atoms with Crippen molar-refractivity contribution in [3.05, 3.63) is 71.0 Å². The molecule has 1 aromatic carbocycles. The van der Waals surface area contributed by atoms with Gasteiger partial charge in [0.05, 0.1) is 5.69 Å². The molecule has 0 aliphatic heterocycles. The van der Waals surface area contributed by atoms with Gasteiger partial charge in [0.25, 0.3) is 0 Å². The second-order valence-corrected chi connectivity index (χ2v) is 5.72. The predicted molar refractivity (Wildman–Crippen MR) is 90.6 cm³/mol. The Morgan fingerprint density at radius 1 is 1.14 bits per heavy atom. The zero-order valence-electron chi connectivity index (χ0n) is 12.6. The molecule has 0 radical (unpaired) electrons. The molecule has 1 aromatic heterocycles. The topological polar surface area (TPSA) is 16.1 Å². The first-order valence-corrected chi connectivity index (χ1v) is 7.57. The van der Waals surface area contributed by atoms with Crippen LogP contribution in [0.5, 0.6) is 0 Å². The molecule has 3 heteroatoms. The van der Waals surface area contributed by atoms with Crippen molar-refractivity contribution in [2.75, 3.05) is 20.6 Å². The van der Waals surface area contributed by atoms with Crippen molar-refractivity contribution in [2.45, 2.75) is 12.8 Å². The van der Waals surface area contributed by atoms with E-state index >= 15 is 0 Å². The van der Waals surface area contributed by atoms with Gasteiger partial charge >= 0.3 is 0 Å². The Labute approximate surface area is 132 Å². The highest BCUT2D eigenvalue weighted by atomic mass is 35.5. The standard InChI is InChI=1S/C18H21ClN2/c1-21(2)14-6-4-7-17(18-8-3-5-13-20-18)15-9-11-16(19)12-10-15/h3,5,7-13H,4,6,14H2,1-2H3/b17-7-. The van der Waals surface area contributed by atoms with E-state index in [1.165, 1.54) is 5.57 Å². The summed E-state index contributed by atoms with van der Waals surface area (Å²) in [6.07, 6.45) is 6.28. The van der Waals surface area contributed by atoms with Gasteiger partial charge in [0.1, 0.15) is 0 Å². The molecular formula is C18H21ClN2. The number of hydrogen-bond donors (Lipinski definition) is 0. The normalized spacial score (nSPS) is 11.9. The van der Waals surface area contributed by atoms with Crippen LogP contribution in [0.15, 0.2) is 54.7 Å². The van der Waals surface area contributed by atoms with Crippen LogP contribution in [0.4, 0.5) is 0 Å². The summed E-state index contributed by atoms with van der Waals surface area (Å²) in [7, 11) is 4.20. The van der Waals surface area contributed by atoms with Gasteiger partial charge in [-0.05, 0) is 63.3 Å². The second kappa shape index (κ2) is 7.96. The highest BCUT2D eigenvalue weighted by Crippen LogP contribution is 2.24. The van der Waals surface area contributed by atoms with Gasteiger partial charge in [-0.2, -0.15) is 0 Å². The quantitative estimate of drug-likeness (QED) is 0.730. The largest absolute Gasteiger partial charge is 0.309 e. The predicted octanol–water partition coefficient (Wildman–Crippen LogP) is 4.51. The van der Waals surface area contributed by atoms with Gasteiger partial charge in [0.2, 0.25) is 0 Å². The third-order valence-electron chi connectivity index (χ3n) is 3.25. The van der Waals surface area contributed by atoms with Gasteiger partial charge in [-0.1, -0.05) is 35.9 Å². The SMILES string of the molecule is CN(C)CCC/C=C(/c1ccc(Cl)cc1)c1ccccn1. The summed E-state index contributed by atoms with van der Waals surface area (Å²) in [6.45, 7) is 1.09. The molecule has 0 N–H and O–H groups in total. The number of rotatable bonds is 6. The van der Waals surface area contributed by atoms with Crippen molar-refractivity contribution in [1.82, 2.24) is 9.88 Å². The van der Waals surface area contributed by atoms with E-state index in [9.17, 15) is 0 Å². The minimum atomic E-state index is 0.756. The summed E-state index contributed by atoms with van der Waals surface area (Å²) in [5, 5.41) is 0.756. The maximum absolute atomic E-state index is 5.98. The fourth-order valence-corrected chi connectivity index (χ4v) is 2.30. The van der Waals surface area contributed by atoms with Crippen LogP contribution in [0.3, 0.4) is 0 Å². The third-order valence-corrected chi connectivity index (χ3v) is 3.51. The number of halogens is 1. The molecule has 0 amide bonds. The lowest BCUT2D eigenvalue weighted by Crippen LogP contribution is -2.12. The van der Waals surface area contributed by atoms with Crippen molar-refractivity contribution in [3.63, 3.8) is 0 Å². The van der Waals surface area contributed by atoms with E-state index in [1.807, 2.05) is 36.5 Å². The third kappa shape index (κ3) is 5.00. The van der Waals surface area contributed by atoms with Gasteiger partial charge in [0.15, 0.2) is 0 Å². The summed E-state index contributed by atoms with van der Waals surface area (Å²) in [5.41, 5.74) is 3.33. The zero-order chi connectivity index (χ0) is 15.1. The van der Waals surface area contributed by atoms with Crippen LogP contribution < -0.4 is 0 Å². The Hall–Kier alpha value is -1.64. The molecular weight excluding hydrogens is 280 g/mol. The van der Waals surface area contributed by atoms with Crippen LogP contribution in [-0.2, 0) is 0 Å².